The number of nitrogens with one attached hydrogen (secondary N) is 1. The third-order valence-corrected chi connectivity index (χ3v) is 3.58. The maximum Gasteiger partial charge on any atom is 0.415 e. The van der Waals surface area contributed by atoms with Crippen LogP contribution in [-0.4, -0.2) is 43.2 Å². The minimum absolute atomic E-state index is 0.00255. The van der Waals surface area contributed by atoms with E-state index < -0.39 is 29.0 Å². The number of carbonyl (C=O) groups is 3. The molecule has 0 saturated carbocycles. The van der Waals surface area contributed by atoms with Gasteiger partial charge in [-0.1, -0.05) is 0 Å². The van der Waals surface area contributed by atoms with E-state index >= 15 is 0 Å². The van der Waals surface area contributed by atoms with Crippen molar-refractivity contribution in [1.29, 1.82) is 0 Å². The van der Waals surface area contributed by atoms with Gasteiger partial charge in [0.1, 0.15) is 12.6 Å². The van der Waals surface area contributed by atoms with Gasteiger partial charge < -0.3 is 24.3 Å². The summed E-state index contributed by atoms with van der Waals surface area (Å²) in [6.45, 7) is -0.364. The smallest absolute Gasteiger partial charge is 0.415 e. The number of amides is 1. The summed E-state index contributed by atoms with van der Waals surface area (Å²) in [7, 11) is 2.71. The van der Waals surface area contributed by atoms with Crippen LogP contribution in [0, 0.1) is 10.1 Å². The van der Waals surface area contributed by atoms with Gasteiger partial charge >= 0.3 is 18.0 Å². The van der Waals surface area contributed by atoms with Gasteiger partial charge in [-0.15, -0.1) is 0 Å². The van der Waals surface area contributed by atoms with Gasteiger partial charge in [0, 0.05) is 6.42 Å². The summed E-state index contributed by atoms with van der Waals surface area (Å²) in [6.07, 6.45) is -1.05. The minimum Gasteiger partial charge on any atom is -0.493 e. The Kier molecular flexibility index (Phi) is 5.94. The monoisotopic (exact) mass is 368 g/mol. The third-order valence-electron chi connectivity index (χ3n) is 3.58. The summed E-state index contributed by atoms with van der Waals surface area (Å²) >= 11 is 0. The molecule has 1 fully saturated rings. The highest BCUT2D eigenvalue weighted by Crippen LogP contribution is 2.34. The number of nitrogens with zero attached hydrogens (tertiary/aromatic N) is 1. The van der Waals surface area contributed by atoms with Gasteiger partial charge in [-0.05, 0) is 12.5 Å². The Labute approximate surface area is 147 Å². The summed E-state index contributed by atoms with van der Waals surface area (Å²) in [4.78, 5) is 44.5. The summed E-state index contributed by atoms with van der Waals surface area (Å²) in [6, 6.07) is 1.61. The maximum atomic E-state index is 11.8. The van der Waals surface area contributed by atoms with Crippen molar-refractivity contribution in [3.63, 3.8) is 0 Å². The van der Waals surface area contributed by atoms with E-state index in [-0.39, 0.29) is 42.2 Å². The van der Waals surface area contributed by atoms with Gasteiger partial charge in [0.05, 0.1) is 30.8 Å². The van der Waals surface area contributed by atoms with Crippen LogP contribution in [0.4, 0.5) is 10.5 Å². The Hall–Kier alpha value is -3.37. The lowest BCUT2D eigenvalue weighted by Crippen LogP contribution is -2.29. The van der Waals surface area contributed by atoms with Crippen molar-refractivity contribution in [2.24, 2.45) is 0 Å². The third kappa shape index (κ3) is 4.37. The summed E-state index contributed by atoms with van der Waals surface area (Å²) in [5.41, 5.74) is -0.170. The number of esters is 2. The number of ether oxygens (including phenoxy) is 4. The molecule has 1 N–H and O–H groups in total. The fourth-order valence-corrected chi connectivity index (χ4v) is 2.27. The molecule has 1 amide bonds. The highest BCUT2D eigenvalue weighted by atomic mass is 16.6. The number of nitro benzene ring substituents is 1. The number of benzene rings is 1. The zero-order valence-corrected chi connectivity index (χ0v) is 14.0. The molecule has 1 heterocycles. The van der Waals surface area contributed by atoms with E-state index in [1.54, 1.807) is 0 Å². The second-order valence-electron chi connectivity index (χ2n) is 5.20. The Bertz CT molecular complexity index is 747. The van der Waals surface area contributed by atoms with Crippen molar-refractivity contribution in [3.8, 4) is 11.5 Å². The molecule has 26 heavy (non-hydrogen) atoms. The van der Waals surface area contributed by atoms with Gasteiger partial charge in [0.15, 0.2) is 11.5 Å². The summed E-state index contributed by atoms with van der Waals surface area (Å²) in [5.74, 6) is -1.04. The van der Waals surface area contributed by atoms with E-state index in [1.807, 2.05) is 0 Å². The molecule has 11 nitrogen and oxygen atoms in total. The molecular formula is C15H16N2O9. The number of cyclic esters (lactones) is 2. The number of hydrogen-bond acceptors (Lipinski definition) is 9. The molecule has 140 valence electrons. The van der Waals surface area contributed by atoms with Gasteiger partial charge in [-0.3, -0.25) is 14.9 Å². The normalized spacial score (nSPS) is 15.8. The lowest BCUT2D eigenvalue weighted by Gasteiger charge is -2.11. The van der Waals surface area contributed by atoms with Crippen molar-refractivity contribution in [1.82, 2.24) is 5.32 Å². The molecule has 0 unspecified atom stereocenters. The van der Waals surface area contributed by atoms with Crippen molar-refractivity contribution in [3.05, 3.63) is 27.8 Å². The second-order valence-corrected chi connectivity index (χ2v) is 5.20. The zero-order chi connectivity index (χ0) is 19.3. The largest absolute Gasteiger partial charge is 0.493 e. The molecule has 0 radical (unpaired) electrons. The quantitative estimate of drug-likeness (QED) is 0.308. The average molecular weight is 368 g/mol. The number of nitro groups is 1. The molecule has 1 aromatic carbocycles. The lowest BCUT2D eigenvalue weighted by atomic mass is 10.1. The average Bonchev–Trinajstić information content (AvgIpc) is 2.94. The highest BCUT2D eigenvalue weighted by molar-refractivity contribution is 5.95. The van der Waals surface area contributed by atoms with E-state index in [0.29, 0.717) is 0 Å². The molecule has 11 heteroatoms. The standard InChI is InChI=1S/C15H16N2O9/c1-23-11-5-8(10(17(21)22)6-12(11)24-2)7-25-13(18)4-3-9-14(19)26-15(20)16-9/h5-6,9H,3-4,7H2,1-2H3,(H,16,20)/t9-/m0/s1. The number of carbonyl (C=O) groups excluding carboxylic acids is 3. The van der Waals surface area contributed by atoms with E-state index in [9.17, 15) is 24.5 Å². The predicted octanol–water partition coefficient (Wildman–Crippen LogP) is 1.07. The first-order valence-corrected chi connectivity index (χ1v) is 7.42. The van der Waals surface area contributed by atoms with Crippen LogP contribution >= 0.6 is 0 Å². The van der Waals surface area contributed by atoms with Crippen LogP contribution in [0.1, 0.15) is 18.4 Å². The van der Waals surface area contributed by atoms with Crippen LogP contribution in [-0.2, 0) is 25.7 Å². The molecule has 1 aliphatic rings. The molecule has 0 aromatic heterocycles. The Morgan fingerprint density at radius 2 is 1.92 bits per heavy atom. The minimum atomic E-state index is -0.912. The Morgan fingerprint density at radius 1 is 1.27 bits per heavy atom. The SMILES string of the molecule is COc1cc(COC(=O)CC[C@@H]2NC(=O)OC2=O)c([N+](=O)[O-])cc1OC. The number of hydrogen-bond donors (Lipinski definition) is 1. The van der Waals surface area contributed by atoms with E-state index in [1.165, 1.54) is 26.4 Å². The number of alkyl carbamates (subject to hydrolysis) is 1. The number of rotatable bonds is 8. The van der Waals surface area contributed by atoms with Crippen LogP contribution in [0.2, 0.25) is 0 Å². The van der Waals surface area contributed by atoms with E-state index in [0.717, 1.165) is 0 Å². The Balaban J connectivity index is 1.99. The first-order chi connectivity index (χ1) is 12.3. The van der Waals surface area contributed by atoms with Gasteiger partial charge in [-0.25, -0.2) is 9.59 Å². The highest BCUT2D eigenvalue weighted by Gasteiger charge is 2.32. The topological polar surface area (TPSA) is 143 Å². The molecule has 1 aromatic rings. The van der Waals surface area contributed by atoms with Crippen molar-refractivity contribution in [2.45, 2.75) is 25.5 Å². The molecule has 0 aliphatic carbocycles. The molecule has 2 rings (SSSR count). The van der Waals surface area contributed by atoms with Crippen molar-refractivity contribution >= 4 is 23.7 Å². The molecule has 1 aliphatic heterocycles. The maximum absolute atomic E-state index is 11.8. The molecule has 1 saturated heterocycles. The van der Waals surface area contributed by atoms with Crippen LogP contribution < -0.4 is 14.8 Å². The number of methoxy groups -OCH3 is 2. The molecule has 0 spiro atoms. The summed E-state index contributed by atoms with van der Waals surface area (Å²) < 4.78 is 19.4. The molecule has 1 atom stereocenters. The fourth-order valence-electron chi connectivity index (χ4n) is 2.27. The Morgan fingerprint density at radius 3 is 2.46 bits per heavy atom. The van der Waals surface area contributed by atoms with Crippen molar-refractivity contribution < 1.29 is 38.3 Å². The van der Waals surface area contributed by atoms with Gasteiger partial charge in [0.2, 0.25) is 0 Å². The first kappa shape index (κ1) is 19.0. The van der Waals surface area contributed by atoms with Gasteiger partial charge in [-0.2, -0.15) is 0 Å². The first-order valence-electron chi connectivity index (χ1n) is 7.42. The van der Waals surface area contributed by atoms with Crippen LogP contribution in [0.15, 0.2) is 12.1 Å². The fraction of sp³-hybridized carbons (Fsp3) is 0.400. The molecule has 0 bridgehead atoms. The van der Waals surface area contributed by atoms with Crippen LogP contribution in [0.3, 0.4) is 0 Å². The molecular weight excluding hydrogens is 352 g/mol. The van der Waals surface area contributed by atoms with Crippen LogP contribution in [0.5, 0.6) is 11.5 Å². The van der Waals surface area contributed by atoms with E-state index in [2.05, 4.69) is 10.1 Å². The van der Waals surface area contributed by atoms with Crippen LogP contribution in [0.25, 0.3) is 0 Å². The van der Waals surface area contributed by atoms with Gasteiger partial charge in [0.25, 0.3) is 5.69 Å². The van der Waals surface area contributed by atoms with E-state index in [4.69, 9.17) is 14.2 Å². The predicted molar refractivity (Wildman–Crippen MR) is 83.6 cm³/mol. The van der Waals surface area contributed by atoms with Crippen molar-refractivity contribution in [2.75, 3.05) is 14.2 Å². The lowest BCUT2D eigenvalue weighted by molar-refractivity contribution is -0.385. The summed E-state index contributed by atoms with van der Waals surface area (Å²) in [5, 5.41) is 13.4. The zero-order valence-electron chi connectivity index (χ0n) is 14.0. The second kappa shape index (κ2) is 8.14.